The van der Waals surface area contributed by atoms with Crippen LogP contribution in [0.3, 0.4) is 0 Å². The second-order valence-electron chi connectivity index (χ2n) is 7.61. The van der Waals surface area contributed by atoms with E-state index in [4.69, 9.17) is 15.2 Å². The number of halogens is 3. The molecule has 1 aromatic heterocycles. The number of aromatic nitrogens is 2. The number of carbonyl (C=O) groups is 1. The first-order valence-corrected chi connectivity index (χ1v) is 10.7. The lowest BCUT2D eigenvalue weighted by Gasteiger charge is -2.30. The highest BCUT2D eigenvalue weighted by molar-refractivity contribution is 5.89. The number of nitriles is 1. The predicted octanol–water partition coefficient (Wildman–Crippen LogP) is 2.91. The first-order valence-electron chi connectivity index (χ1n) is 10.7. The number of ketones is 1. The van der Waals surface area contributed by atoms with E-state index in [-0.39, 0.29) is 61.6 Å². The van der Waals surface area contributed by atoms with E-state index in [0.717, 1.165) is 12.1 Å². The van der Waals surface area contributed by atoms with Crippen LogP contribution in [-0.2, 0) is 22.1 Å². The van der Waals surface area contributed by atoms with Gasteiger partial charge in [0.2, 0.25) is 11.8 Å². The van der Waals surface area contributed by atoms with Gasteiger partial charge in [0.25, 0.3) is 0 Å². The number of ether oxygens (including phenoxy) is 2. The number of nitrogens with two attached hydrogens (primary N) is 1. The van der Waals surface area contributed by atoms with Gasteiger partial charge in [-0.25, -0.2) is 0 Å². The standard InChI is InChI=1S/C22H25F3N6O3.CH4/c1-2-34-20-16(12-26)19(29-21(27)30-20)28-17(13-31-6-8-33-9-7-31)18(32)11-14-4-3-5-15(10-14)22(23,24)25;/h3-5,10,17H,2,6-9,11,13H2,1H3,(H3,27,28,29,30);1H4/t17-;/m0./s1. The molecule has 1 aromatic carbocycles. The highest BCUT2D eigenvalue weighted by Gasteiger charge is 2.31. The zero-order chi connectivity index (χ0) is 24.7. The molecule has 1 aliphatic heterocycles. The number of hydrogen-bond acceptors (Lipinski definition) is 9. The number of hydrogen-bond donors (Lipinski definition) is 2. The fourth-order valence-electron chi connectivity index (χ4n) is 3.52. The minimum atomic E-state index is -4.51. The molecule has 1 saturated heterocycles. The molecule has 0 radical (unpaired) electrons. The van der Waals surface area contributed by atoms with Crippen molar-refractivity contribution in [1.82, 2.24) is 14.9 Å². The lowest BCUT2D eigenvalue weighted by Crippen LogP contribution is -2.47. The van der Waals surface area contributed by atoms with E-state index in [2.05, 4.69) is 15.3 Å². The minimum Gasteiger partial charge on any atom is -0.477 e. The van der Waals surface area contributed by atoms with Crippen molar-refractivity contribution in [3.8, 4) is 11.9 Å². The molecule has 2 heterocycles. The number of rotatable bonds is 9. The van der Waals surface area contributed by atoms with E-state index in [1.165, 1.54) is 12.1 Å². The van der Waals surface area contributed by atoms with Gasteiger partial charge in [-0.15, -0.1) is 0 Å². The molecule has 0 saturated carbocycles. The van der Waals surface area contributed by atoms with Crippen LogP contribution in [0.4, 0.5) is 24.9 Å². The third kappa shape index (κ3) is 7.53. The van der Waals surface area contributed by atoms with Crippen molar-refractivity contribution in [2.24, 2.45) is 0 Å². The van der Waals surface area contributed by atoms with Crippen LogP contribution in [0.2, 0.25) is 0 Å². The van der Waals surface area contributed by atoms with Gasteiger partial charge in [0.15, 0.2) is 17.2 Å². The van der Waals surface area contributed by atoms with Gasteiger partial charge < -0.3 is 20.5 Å². The van der Waals surface area contributed by atoms with Gasteiger partial charge in [-0.3, -0.25) is 9.69 Å². The Labute approximate surface area is 202 Å². The monoisotopic (exact) mass is 494 g/mol. The maximum absolute atomic E-state index is 13.3. The Hall–Kier alpha value is -3.43. The van der Waals surface area contributed by atoms with Gasteiger partial charge in [-0.2, -0.15) is 28.4 Å². The Morgan fingerprint density at radius 1 is 1.34 bits per heavy atom. The summed E-state index contributed by atoms with van der Waals surface area (Å²) in [5.74, 6) is -0.519. The molecule has 3 rings (SSSR count). The van der Waals surface area contributed by atoms with Gasteiger partial charge in [0.05, 0.1) is 31.4 Å². The predicted molar refractivity (Wildman–Crippen MR) is 124 cm³/mol. The van der Waals surface area contributed by atoms with E-state index in [0.29, 0.717) is 26.3 Å². The van der Waals surface area contributed by atoms with Crippen molar-refractivity contribution >= 4 is 17.5 Å². The first kappa shape index (κ1) is 27.8. The van der Waals surface area contributed by atoms with Crippen LogP contribution in [0, 0.1) is 11.3 Å². The summed E-state index contributed by atoms with van der Waals surface area (Å²) in [5, 5.41) is 12.6. The topological polar surface area (TPSA) is 126 Å². The number of morpholine rings is 1. The average Bonchev–Trinajstić information content (AvgIpc) is 2.79. The van der Waals surface area contributed by atoms with Crippen molar-refractivity contribution in [3.63, 3.8) is 0 Å². The second-order valence-corrected chi connectivity index (χ2v) is 7.61. The molecule has 1 aliphatic rings. The van der Waals surface area contributed by atoms with Crippen molar-refractivity contribution in [2.45, 2.75) is 33.0 Å². The Kier molecular flexibility index (Phi) is 9.79. The Morgan fingerprint density at radius 3 is 2.69 bits per heavy atom. The molecule has 0 bridgehead atoms. The fraction of sp³-hybridized carbons (Fsp3) is 0.478. The second kappa shape index (κ2) is 12.3. The Bertz CT molecular complexity index is 1050. The molecule has 0 amide bonds. The quantitative estimate of drug-likeness (QED) is 0.541. The maximum Gasteiger partial charge on any atom is 0.416 e. The number of nitrogen functional groups attached to an aromatic ring is 1. The van der Waals surface area contributed by atoms with Crippen molar-refractivity contribution < 1.29 is 27.4 Å². The van der Waals surface area contributed by atoms with E-state index >= 15 is 0 Å². The minimum absolute atomic E-state index is 0. The summed E-state index contributed by atoms with van der Waals surface area (Å²) in [6.45, 7) is 4.33. The zero-order valence-corrected chi connectivity index (χ0v) is 18.6. The molecule has 9 nitrogen and oxygen atoms in total. The van der Waals surface area contributed by atoms with Gasteiger partial charge >= 0.3 is 6.18 Å². The van der Waals surface area contributed by atoms with Crippen LogP contribution < -0.4 is 15.8 Å². The molecule has 0 unspecified atom stereocenters. The van der Waals surface area contributed by atoms with Gasteiger partial charge in [-0.1, -0.05) is 25.6 Å². The smallest absolute Gasteiger partial charge is 0.416 e. The van der Waals surface area contributed by atoms with Crippen LogP contribution in [0.15, 0.2) is 24.3 Å². The maximum atomic E-state index is 13.3. The molecule has 1 atom stereocenters. The summed E-state index contributed by atoms with van der Waals surface area (Å²) in [5.41, 5.74) is 5.14. The molecule has 2 aromatic rings. The number of Topliss-reactive ketones (excluding diaryl/α,β-unsaturated/α-hetero) is 1. The number of alkyl halides is 3. The number of benzene rings is 1. The molecule has 12 heteroatoms. The number of anilines is 2. The van der Waals surface area contributed by atoms with Gasteiger partial charge in [-0.05, 0) is 18.6 Å². The van der Waals surface area contributed by atoms with Gasteiger partial charge in [0, 0.05) is 26.1 Å². The summed E-state index contributed by atoms with van der Waals surface area (Å²) < 4.78 is 50.0. The molecule has 190 valence electrons. The van der Waals surface area contributed by atoms with Crippen molar-refractivity contribution in [3.05, 3.63) is 41.0 Å². The molecule has 0 spiro atoms. The molecule has 0 aliphatic carbocycles. The lowest BCUT2D eigenvalue weighted by molar-refractivity contribution is -0.137. The highest BCUT2D eigenvalue weighted by Crippen LogP contribution is 2.30. The van der Waals surface area contributed by atoms with Crippen LogP contribution in [0.1, 0.15) is 31.0 Å². The number of nitrogens with zero attached hydrogens (tertiary/aromatic N) is 4. The summed E-state index contributed by atoms with van der Waals surface area (Å²) in [7, 11) is 0. The van der Waals surface area contributed by atoms with Gasteiger partial charge in [0.1, 0.15) is 6.07 Å². The van der Waals surface area contributed by atoms with Crippen molar-refractivity contribution in [1.29, 1.82) is 5.26 Å². The molecular weight excluding hydrogens is 465 g/mol. The summed E-state index contributed by atoms with van der Waals surface area (Å²) in [6.07, 6.45) is -4.76. The van der Waals surface area contributed by atoms with E-state index in [1.807, 2.05) is 11.0 Å². The van der Waals surface area contributed by atoms with Crippen LogP contribution in [0.5, 0.6) is 5.88 Å². The normalized spacial score (nSPS) is 14.9. The molecular formula is C23H29F3N6O3. The van der Waals surface area contributed by atoms with E-state index in [1.54, 1.807) is 6.92 Å². The Morgan fingerprint density at radius 2 is 2.06 bits per heavy atom. The van der Waals surface area contributed by atoms with Crippen LogP contribution in [0.25, 0.3) is 0 Å². The summed E-state index contributed by atoms with van der Waals surface area (Å²) in [6, 6.07) is 5.72. The van der Waals surface area contributed by atoms with E-state index < -0.39 is 17.8 Å². The largest absolute Gasteiger partial charge is 0.477 e. The van der Waals surface area contributed by atoms with E-state index in [9.17, 15) is 23.2 Å². The number of nitrogens with one attached hydrogen (secondary N) is 1. The van der Waals surface area contributed by atoms with Crippen LogP contribution >= 0.6 is 0 Å². The highest BCUT2D eigenvalue weighted by atomic mass is 19.4. The van der Waals surface area contributed by atoms with Crippen LogP contribution in [-0.4, -0.2) is 66.1 Å². The first-order chi connectivity index (χ1) is 16.2. The SMILES string of the molecule is C.CCOc1nc(N)nc(N[C@@H](CN2CCOCC2)C(=O)Cc2cccc(C(F)(F)F)c2)c1C#N. The average molecular weight is 495 g/mol. The number of carbonyl (C=O) groups excluding carboxylic acids is 1. The molecule has 1 fully saturated rings. The molecule has 3 N–H and O–H groups in total. The molecule has 35 heavy (non-hydrogen) atoms. The zero-order valence-electron chi connectivity index (χ0n) is 18.6. The third-order valence-corrected chi connectivity index (χ3v) is 5.16. The summed E-state index contributed by atoms with van der Waals surface area (Å²) >= 11 is 0. The lowest BCUT2D eigenvalue weighted by atomic mass is 10.0. The fourth-order valence-corrected chi connectivity index (χ4v) is 3.52. The summed E-state index contributed by atoms with van der Waals surface area (Å²) in [4.78, 5) is 23.2. The third-order valence-electron chi connectivity index (χ3n) is 5.16. The van der Waals surface area contributed by atoms with Crippen molar-refractivity contribution in [2.75, 3.05) is 50.5 Å². The Balaban J connectivity index is 0.00000432.